The maximum atomic E-state index is 12.1. The van der Waals surface area contributed by atoms with Crippen molar-refractivity contribution in [2.75, 3.05) is 17.7 Å². The van der Waals surface area contributed by atoms with Gasteiger partial charge in [0.05, 0.1) is 9.72 Å². The Balaban J connectivity index is 1.67. The highest BCUT2D eigenvalue weighted by Crippen LogP contribution is 2.32. The number of ether oxygens (including phenoxy) is 1. The van der Waals surface area contributed by atoms with Gasteiger partial charge in [0, 0.05) is 5.69 Å². The number of benzene rings is 2. The number of rotatable bonds is 4. The second-order valence-corrected chi connectivity index (χ2v) is 6.91. The minimum absolute atomic E-state index is 0.0804. The highest BCUT2D eigenvalue weighted by Gasteiger charge is 2.10. The SMILES string of the molecule is Cc1ccc(OCC(=O)Nc2cc(Cl)c3nc(N)sc3c2)cc1C. The van der Waals surface area contributed by atoms with Crippen molar-refractivity contribution in [3.05, 3.63) is 46.5 Å². The number of anilines is 2. The van der Waals surface area contributed by atoms with E-state index in [1.54, 1.807) is 12.1 Å². The first-order valence-electron chi connectivity index (χ1n) is 7.28. The van der Waals surface area contributed by atoms with E-state index >= 15 is 0 Å². The molecule has 0 bridgehead atoms. The number of nitrogens with zero attached hydrogens (tertiary/aromatic N) is 1. The molecule has 0 aliphatic carbocycles. The topological polar surface area (TPSA) is 77.2 Å². The minimum Gasteiger partial charge on any atom is -0.484 e. The van der Waals surface area contributed by atoms with Crippen molar-refractivity contribution in [1.29, 1.82) is 0 Å². The molecule has 0 spiro atoms. The van der Waals surface area contributed by atoms with Crippen LogP contribution in [0.25, 0.3) is 10.2 Å². The van der Waals surface area contributed by atoms with E-state index in [0.29, 0.717) is 27.1 Å². The fraction of sp³-hybridized carbons (Fsp3) is 0.176. The molecule has 0 aliphatic heterocycles. The molecule has 2 aromatic carbocycles. The van der Waals surface area contributed by atoms with E-state index in [-0.39, 0.29) is 12.5 Å². The molecule has 3 aromatic rings. The van der Waals surface area contributed by atoms with Crippen LogP contribution >= 0.6 is 22.9 Å². The maximum Gasteiger partial charge on any atom is 0.262 e. The Labute approximate surface area is 148 Å². The summed E-state index contributed by atoms with van der Waals surface area (Å²) in [5, 5.41) is 3.66. The lowest BCUT2D eigenvalue weighted by Gasteiger charge is -2.09. The summed E-state index contributed by atoms with van der Waals surface area (Å²) in [6.45, 7) is 3.95. The van der Waals surface area contributed by atoms with Crippen molar-refractivity contribution in [2.45, 2.75) is 13.8 Å². The summed E-state index contributed by atoms with van der Waals surface area (Å²) < 4.78 is 6.35. The number of nitrogen functional groups attached to an aromatic ring is 1. The molecule has 0 unspecified atom stereocenters. The average Bonchev–Trinajstić information content (AvgIpc) is 2.89. The number of carbonyl (C=O) groups is 1. The summed E-state index contributed by atoms with van der Waals surface area (Å²) >= 11 is 7.49. The maximum absolute atomic E-state index is 12.1. The number of halogens is 1. The molecule has 0 fully saturated rings. The molecule has 0 saturated heterocycles. The van der Waals surface area contributed by atoms with Crippen LogP contribution in [0.3, 0.4) is 0 Å². The van der Waals surface area contributed by atoms with Crippen molar-refractivity contribution < 1.29 is 9.53 Å². The Hall–Kier alpha value is -2.31. The molecule has 1 heterocycles. The van der Waals surface area contributed by atoms with Crippen LogP contribution < -0.4 is 15.8 Å². The highest BCUT2D eigenvalue weighted by atomic mass is 35.5. The zero-order valence-electron chi connectivity index (χ0n) is 13.2. The average molecular weight is 362 g/mol. The van der Waals surface area contributed by atoms with Gasteiger partial charge in [0.15, 0.2) is 11.7 Å². The normalized spacial score (nSPS) is 10.8. The van der Waals surface area contributed by atoms with Gasteiger partial charge in [0.1, 0.15) is 11.3 Å². The molecule has 7 heteroatoms. The number of hydrogen-bond donors (Lipinski definition) is 2. The van der Waals surface area contributed by atoms with E-state index in [9.17, 15) is 4.79 Å². The fourth-order valence-corrected chi connectivity index (χ4v) is 3.35. The summed E-state index contributed by atoms with van der Waals surface area (Å²) in [6, 6.07) is 9.16. The van der Waals surface area contributed by atoms with E-state index in [0.717, 1.165) is 10.3 Å². The third kappa shape index (κ3) is 3.60. The monoisotopic (exact) mass is 361 g/mol. The molecule has 5 nitrogen and oxygen atoms in total. The number of nitrogens with one attached hydrogen (secondary N) is 1. The van der Waals surface area contributed by atoms with Gasteiger partial charge in [-0.25, -0.2) is 4.98 Å². The van der Waals surface area contributed by atoms with Gasteiger partial charge in [0.2, 0.25) is 0 Å². The molecule has 1 amide bonds. The number of aryl methyl sites for hydroxylation is 2. The molecular weight excluding hydrogens is 346 g/mol. The Morgan fingerprint density at radius 2 is 2.08 bits per heavy atom. The minimum atomic E-state index is -0.263. The number of aromatic nitrogens is 1. The van der Waals surface area contributed by atoms with Gasteiger partial charge in [-0.1, -0.05) is 29.0 Å². The van der Waals surface area contributed by atoms with Gasteiger partial charge in [-0.15, -0.1) is 0 Å². The summed E-state index contributed by atoms with van der Waals surface area (Å²) in [5.41, 5.74) is 9.21. The van der Waals surface area contributed by atoms with Crippen molar-refractivity contribution >= 4 is 49.9 Å². The summed E-state index contributed by atoms with van der Waals surface area (Å²) in [5.74, 6) is 0.401. The lowest BCUT2D eigenvalue weighted by molar-refractivity contribution is -0.118. The van der Waals surface area contributed by atoms with Crippen LogP contribution in [0.5, 0.6) is 5.75 Å². The first-order valence-corrected chi connectivity index (χ1v) is 8.47. The largest absolute Gasteiger partial charge is 0.484 e. The van der Waals surface area contributed by atoms with Gasteiger partial charge in [-0.2, -0.15) is 0 Å². The van der Waals surface area contributed by atoms with Crippen molar-refractivity contribution in [1.82, 2.24) is 4.98 Å². The van der Waals surface area contributed by atoms with E-state index < -0.39 is 0 Å². The highest BCUT2D eigenvalue weighted by molar-refractivity contribution is 7.22. The Morgan fingerprint density at radius 3 is 2.83 bits per heavy atom. The van der Waals surface area contributed by atoms with Gasteiger partial charge < -0.3 is 15.8 Å². The number of hydrogen-bond acceptors (Lipinski definition) is 5. The van der Waals surface area contributed by atoms with Gasteiger partial charge >= 0.3 is 0 Å². The third-order valence-corrected chi connectivity index (χ3v) is 4.72. The van der Waals surface area contributed by atoms with Crippen LogP contribution in [0.2, 0.25) is 5.02 Å². The molecular formula is C17H16ClN3O2S. The molecule has 0 radical (unpaired) electrons. The molecule has 1 aromatic heterocycles. The van der Waals surface area contributed by atoms with Gasteiger partial charge in [-0.05, 0) is 49.2 Å². The zero-order chi connectivity index (χ0) is 17.3. The van der Waals surface area contributed by atoms with Crippen LogP contribution in [-0.2, 0) is 4.79 Å². The second-order valence-electron chi connectivity index (χ2n) is 5.44. The molecule has 0 aliphatic rings. The van der Waals surface area contributed by atoms with Crippen LogP contribution in [-0.4, -0.2) is 17.5 Å². The van der Waals surface area contributed by atoms with Gasteiger partial charge in [0.25, 0.3) is 5.91 Å². The predicted molar refractivity (Wildman–Crippen MR) is 99.1 cm³/mol. The summed E-state index contributed by atoms with van der Waals surface area (Å²) in [4.78, 5) is 16.2. The van der Waals surface area contributed by atoms with Crippen LogP contribution in [0.1, 0.15) is 11.1 Å². The molecule has 0 atom stereocenters. The summed E-state index contributed by atoms with van der Waals surface area (Å²) in [6.07, 6.45) is 0. The fourth-order valence-electron chi connectivity index (χ4n) is 2.23. The number of fused-ring (bicyclic) bond motifs is 1. The Morgan fingerprint density at radius 1 is 1.29 bits per heavy atom. The molecule has 124 valence electrons. The number of thiazole rings is 1. The van der Waals surface area contributed by atoms with E-state index in [1.165, 1.54) is 16.9 Å². The smallest absolute Gasteiger partial charge is 0.262 e. The Kier molecular flexibility index (Phi) is 4.59. The molecule has 0 saturated carbocycles. The predicted octanol–water partition coefficient (Wildman–Crippen LogP) is 4.17. The molecule has 3 rings (SSSR count). The zero-order valence-corrected chi connectivity index (χ0v) is 14.8. The van der Waals surface area contributed by atoms with E-state index in [2.05, 4.69) is 10.3 Å². The first-order chi connectivity index (χ1) is 11.4. The quantitative estimate of drug-likeness (QED) is 0.731. The van der Waals surface area contributed by atoms with Crippen molar-refractivity contribution in [2.24, 2.45) is 0 Å². The standard InChI is InChI=1S/C17H16ClN3O2S/c1-9-3-4-12(5-10(9)2)23-8-15(22)20-11-6-13(18)16-14(7-11)24-17(19)21-16/h3-7H,8H2,1-2H3,(H2,19,21)(H,20,22). The van der Waals surface area contributed by atoms with E-state index in [4.69, 9.17) is 22.1 Å². The Bertz CT molecular complexity index is 924. The lowest BCUT2D eigenvalue weighted by Crippen LogP contribution is -2.20. The third-order valence-electron chi connectivity index (χ3n) is 3.60. The summed E-state index contributed by atoms with van der Waals surface area (Å²) in [7, 11) is 0. The molecule has 24 heavy (non-hydrogen) atoms. The number of carbonyl (C=O) groups excluding carboxylic acids is 1. The lowest BCUT2D eigenvalue weighted by atomic mass is 10.1. The van der Waals surface area contributed by atoms with Crippen LogP contribution in [0, 0.1) is 13.8 Å². The van der Waals surface area contributed by atoms with Crippen LogP contribution in [0.15, 0.2) is 30.3 Å². The van der Waals surface area contributed by atoms with E-state index in [1.807, 2.05) is 32.0 Å². The van der Waals surface area contributed by atoms with Crippen LogP contribution in [0.4, 0.5) is 10.8 Å². The second kappa shape index (κ2) is 6.67. The van der Waals surface area contributed by atoms with Crippen molar-refractivity contribution in [3.8, 4) is 5.75 Å². The van der Waals surface area contributed by atoms with Crippen molar-refractivity contribution in [3.63, 3.8) is 0 Å². The molecule has 3 N–H and O–H groups in total. The number of nitrogens with two attached hydrogens (primary N) is 1. The van der Waals surface area contributed by atoms with Gasteiger partial charge in [-0.3, -0.25) is 4.79 Å². The first kappa shape index (κ1) is 16.5. The number of amides is 1.